The Hall–Kier alpha value is -2.59. The van der Waals surface area contributed by atoms with Crippen molar-refractivity contribution >= 4 is 5.91 Å². The standard InChI is InChI=1S/C23H24F6N2O2/c1-31(12-20(30)32)18-7-8-19(21(18)15-5-3-2-4-6-15)33-13-14-9-16(22(24,25)26)11-17(10-14)23(27,28)29/h2-6,9-11,18-19,21H,7-8,12-13H2,1H3,(H2,30,32). The van der Waals surface area contributed by atoms with Crippen LogP contribution >= 0.6 is 0 Å². The lowest BCUT2D eigenvalue weighted by atomic mass is 9.91. The Labute approximate surface area is 187 Å². The van der Waals surface area contributed by atoms with Gasteiger partial charge >= 0.3 is 12.4 Å². The van der Waals surface area contributed by atoms with E-state index in [1.807, 2.05) is 30.3 Å². The normalized spacial score (nSPS) is 21.5. The number of hydrogen-bond donors (Lipinski definition) is 1. The van der Waals surface area contributed by atoms with Crippen LogP contribution in [-0.4, -0.2) is 36.5 Å². The molecule has 180 valence electrons. The van der Waals surface area contributed by atoms with Gasteiger partial charge in [-0.05, 0) is 49.2 Å². The maximum atomic E-state index is 13.2. The Kier molecular flexibility index (Phi) is 7.38. The lowest BCUT2D eigenvalue weighted by Gasteiger charge is -2.31. The van der Waals surface area contributed by atoms with Crippen LogP contribution in [-0.2, 0) is 28.5 Å². The van der Waals surface area contributed by atoms with E-state index in [2.05, 4.69) is 0 Å². The number of primary amides is 1. The number of alkyl halides is 6. The van der Waals surface area contributed by atoms with E-state index in [0.29, 0.717) is 25.0 Å². The zero-order chi connectivity index (χ0) is 24.4. The average molecular weight is 474 g/mol. The second-order valence-electron chi connectivity index (χ2n) is 8.23. The molecule has 0 aromatic heterocycles. The SMILES string of the molecule is CN(CC(N)=O)C1CCC(OCc2cc(C(F)(F)F)cc(C(F)(F)F)c2)C1c1ccccc1. The minimum Gasteiger partial charge on any atom is -0.373 e. The van der Waals surface area contributed by atoms with Crippen molar-refractivity contribution in [2.75, 3.05) is 13.6 Å². The number of carbonyl (C=O) groups excluding carboxylic acids is 1. The van der Waals surface area contributed by atoms with Crippen molar-refractivity contribution in [3.63, 3.8) is 0 Å². The summed E-state index contributed by atoms with van der Waals surface area (Å²) in [6.45, 7) is -0.392. The van der Waals surface area contributed by atoms with E-state index in [4.69, 9.17) is 10.5 Å². The molecular weight excluding hydrogens is 450 g/mol. The third kappa shape index (κ3) is 6.26. The van der Waals surface area contributed by atoms with Crippen molar-refractivity contribution in [1.82, 2.24) is 4.90 Å². The summed E-state index contributed by atoms with van der Waals surface area (Å²) in [7, 11) is 1.75. The summed E-state index contributed by atoms with van der Waals surface area (Å²) in [5.41, 5.74) is 3.26. The monoisotopic (exact) mass is 474 g/mol. The smallest absolute Gasteiger partial charge is 0.373 e. The van der Waals surface area contributed by atoms with Crippen LogP contribution in [0.3, 0.4) is 0 Å². The zero-order valence-corrected chi connectivity index (χ0v) is 17.8. The Morgan fingerprint density at radius 3 is 2.09 bits per heavy atom. The predicted molar refractivity (Wildman–Crippen MR) is 109 cm³/mol. The van der Waals surface area contributed by atoms with Crippen LogP contribution < -0.4 is 5.73 Å². The van der Waals surface area contributed by atoms with Crippen molar-refractivity contribution in [1.29, 1.82) is 0 Å². The Morgan fingerprint density at radius 1 is 1.00 bits per heavy atom. The van der Waals surface area contributed by atoms with Crippen molar-refractivity contribution in [3.05, 3.63) is 70.8 Å². The van der Waals surface area contributed by atoms with Gasteiger partial charge in [0.2, 0.25) is 5.91 Å². The highest BCUT2D eigenvalue weighted by atomic mass is 19.4. The third-order valence-electron chi connectivity index (χ3n) is 5.83. The van der Waals surface area contributed by atoms with Gasteiger partial charge in [-0.1, -0.05) is 30.3 Å². The maximum absolute atomic E-state index is 13.2. The fourth-order valence-corrected chi connectivity index (χ4v) is 4.40. The molecule has 1 saturated carbocycles. The van der Waals surface area contributed by atoms with E-state index in [1.165, 1.54) is 0 Å². The summed E-state index contributed by atoms with van der Waals surface area (Å²) in [5.74, 6) is -0.735. The Morgan fingerprint density at radius 2 is 1.58 bits per heavy atom. The lowest BCUT2D eigenvalue weighted by Crippen LogP contribution is -2.41. The van der Waals surface area contributed by atoms with E-state index in [-0.39, 0.29) is 30.1 Å². The number of rotatable bonds is 7. The second-order valence-corrected chi connectivity index (χ2v) is 8.23. The van der Waals surface area contributed by atoms with Crippen LogP contribution in [0.1, 0.15) is 41.0 Å². The van der Waals surface area contributed by atoms with E-state index in [1.54, 1.807) is 11.9 Å². The van der Waals surface area contributed by atoms with Crippen LogP contribution in [0.2, 0.25) is 0 Å². The van der Waals surface area contributed by atoms with E-state index < -0.39 is 42.1 Å². The van der Waals surface area contributed by atoms with Crippen molar-refractivity contribution in [2.24, 2.45) is 5.73 Å². The number of halogens is 6. The largest absolute Gasteiger partial charge is 0.416 e. The Balaban J connectivity index is 1.85. The van der Waals surface area contributed by atoms with Crippen LogP contribution in [0.15, 0.2) is 48.5 Å². The van der Waals surface area contributed by atoms with Gasteiger partial charge in [0.05, 0.1) is 30.4 Å². The summed E-state index contributed by atoms with van der Waals surface area (Å²) >= 11 is 0. The highest BCUT2D eigenvalue weighted by Crippen LogP contribution is 2.41. The van der Waals surface area contributed by atoms with E-state index in [0.717, 1.165) is 5.56 Å². The van der Waals surface area contributed by atoms with Gasteiger partial charge in [0.15, 0.2) is 0 Å². The van der Waals surface area contributed by atoms with Crippen LogP contribution in [0.4, 0.5) is 26.3 Å². The molecule has 2 N–H and O–H groups in total. The van der Waals surface area contributed by atoms with Gasteiger partial charge in [0, 0.05) is 12.0 Å². The number of ether oxygens (including phenoxy) is 1. The van der Waals surface area contributed by atoms with Gasteiger partial charge in [-0.3, -0.25) is 9.69 Å². The number of benzene rings is 2. The second kappa shape index (κ2) is 9.72. The molecule has 3 unspecified atom stereocenters. The van der Waals surface area contributed by atoms with Gasteiger partial charge in [-0.2, -0.15) is 26.3 Å². The van der Waals surface area contributed by atoms with Crippen LogP contribution in [0.5, 0.6) is 0 Å². The summed E-state index contributed by atoms with van der Waals surface area (Å²) in [6, 6.07) is 10.6. The summed E-state index contributed by atoms with van der Waals surface area (Å²) in [4.78, 5) is 13.2. The minimum absolute atomic E-state index is 0.0172. The molecule has 1 fully saturated rings. The van der Waals surface area contributed by atoms with Crippen molar-refractivity contribution < 1.29 is 35.9 Å². The van der Waals surface area contributed by atoms with E-state index >= 15 is 0 Å². The molecule has 0 heterocycles. The molecule has 3 atom stereocenters. The summed E-state index contributed by atoms with van der Waals surface area (Å²) < 4.78 is 84.8. The first-order valence-electron chi connectivity index (χ1n) is 10.3. The highest BCUT2D eigenvalue weighted by molar-refractivity contribution is 5.75. The molecule has 0 bridgehead atoms. The van der Waals surface area contributed by atoms with Crippen LogP contribution in [0, 0.1) is 0 Å². The number of carbonyl (C=O) groups is 1. The number of nitrogens with zero attached hydrogens (tertiary/aromatic N) is 1. The summed E-state index contributed by atoms with van der Waals surface area (Å²) in [6.07, 6.45) is -9.14. The molecule has 33 heavy (non-hydrogen) atoms. The molecule has 3 rings (SSSR count). The molecule has 0 spiro atoms. The average Bonchev–Trinajstić information content (AvgIpc) is 3.15. The van der Waals surface area contributed by atoms with Crippen molar-refractivity contribution in [3.8, 4) is 0 Å². The molecule has 2 aromatic rings. The molecule has 0 radical (unpaired) electrons. The van der Waals surface area contributed by atoms with Crippen molar-refractivity contribution in [2.45, 2.75) is 49.9 Å². The number of amides is 1. The first-order valence-corrected chi connectivity index (χ1v) is 10.3. The van der Waals surface area contributed by atoms with Gasteiger partial charge in [-0.25, -0.2) is 0 Å². The molecule has 2 aromatic carbocycles. The molecule has 1 aliphatic carbocycles. The first kappa shape index (κ1) is 25.0. The fourth-order valence-electron chi connectivity index (χ4n) is 4.40. The molecule has 10 heteroatoms. The topological polar surface area (TPSA) is 55.6 Å². The van der Waals surface area contributed by atoms with E-state index in [9.17, 15) is 31.1 Å². The third-order valence-corrected chi connectivity index (χ3v) is 5.83. The highest BCUT2D eigenvalue weighted by Gasteiger charge is 2.41. The fraction of sp³-hybridized carbons (Fsp3) is 0.435. The molecular formula is C23H24F6N2O2. The van der Waals surface area contributed by atoms with Crippen LogP contribution in [0.25, 0.3) is 0 Å². The summed E-state index contributed by atoms with van der Waals surface area (Å²) in [5, 5.41) is 0. The number of nitrogens with two attached hydrogens (primary N) is 1. The molecule has 1 amide bonds. The molecule has 0 aliphatic heterocycles. The van der Waals surface area contributed by atoms with Gasteiger partial charge in [0.1, 0.15) is 0 Å². The molecule has 4 nitrogen and oxygen atoms in total. The Bertz CT molecular complexity index is 929. The predicted octanol–water partition coefficient (Wildman–Crippen LogP) is 4.97. The molecule has 0 saturated heterocycles. The lowest BCUT2D eigenvalue weighted by molar-refractivity contribution is -0.143. The minimum atomic E-state index is -4.92. The van der Waals surface area contributed by atoms with Gasteiger partial charge in [0.25, 0.3) is 0 Å². The van der Waals surface area contributed by atoms with Gasteiger partial charge < -0.3 is 10.5 Å². The number of hydrogen-bond acceptors (Lipinski definition) is 3. The maximum Gasteiger partial charge on any atom is 0.416 e. The van der Waals surface area contributed by atoms with Gasteiger partial charge in [-0.15, -0.1) is 0 Å². The quantitative estimate of drug-likeness (QED) is 0.577. The molecule has 1 aliphatic rings. The number of likely N-dealkylation sites (N-methyl/N-ethyl adjacent to an activating group) is 1. The zero-order valence-electron chi connectivity index (χ0n) is 17.8. The first-order chi connectivity index (χ1) is 15.4.